The molecule has 0 radical (unpaired) electrons. The molecule has 1 aromatic heterocycles. The van der Waals surface area contributed by atoms with E-state index in [4.69, 9.17) is 17.0 Å². The summed E-state index contributed by atoms with van der Waals surface area (Å²) in [4.78, 5) is 6.33. The Hall–Kier alpha value is -2.86. The van der Waals surface area contributed by atoms with Gasteiger partial charge in [0.05, 0.1) is 13.4 Å². The molecule has 0 fully saturated rings. The van der Waals surface area contributed by atoms with E-state index in [2.05, 4.69) is 63.9 Å². The fourth-order valence-electron chi connectivity index (χ4n) is 3.15. The lowest BCUT2D eigenvalue weighted by Crippen LogP contribution is -2.35. The molecule has 0 spiro atoms. The van der Waals surface area contributed by atoms with Crippen molar-refractivity contribution in [2.75, 3.05) is 19.0 Å². The minimum atomic E-state index is 0.736. The molecule has 0 amide bonds. The number of rotatable bonds is 8. The van der Waals surface area contributed by atoms with Crippen LogP contribution in [0.2, 0.25) is 0 Å². The van der Waals surface area contributed by atoms with Gasteiger partial charge in [0.25, 0.3) is 0 Å². The lowest BCUT2D eigenvalue weighted by Gasteiger charge is -2.27. The Bertz CT molecular complexity index is 923. The SMILES string of the molecule is COc1ccc(CN(CCCn2ccnc2)C(=S)Nc2cccc(C)c2C)cc1. The summed E-state index contributed by atoms with van der Waals surface area (Å²) in [7, 11) is 1.68. The highest BCUT2D eigenvalue weighted by Crippen LogP contribution is 2.20. The van der Waals surface area contributed by atoms with E-state index in [0.717, 1.165) is 42.6 Å². The molecule has 0 bridgehead atoms. The summed E-state index contributed by atoms with van der Waals surface area (Å²) >= 11 is 5.79. The first-order valence-corrected chi connectivity index (χ1v) is 10.2. The van der Waals surface area contributed by atoms with Crippen LogP contribution in [-0.4, -0.2) is 33.2 Å². The number of methoxy groups -OCH3 is 1. The Morgan fingerprint density at radius 2 is 1.97 bits per heavy atom. The quantitative estimate of drug-likeness (QED) is 0.543. The van der Waals surface area contributed by atoms with Gasteiger partial charge in [-0.3, -0.25) is 0 Å². The van der Waals surface area contributed by atoms with Crippen molar-refractivity contribution in [3.05, 3.63) is 77.9 Å². The molecule has 0 aliphatic rings. The summed E-state index contributed by atoms with van der Waals surface area (Å²) in [5.74, 6) is 0.858. The van der Waals surface area contributed by atoms with E-state index >= 15 is 0 Å². The number of nitrogens with one attached hydrogen (secondary N) is 1. The van der Waals surface area contributed by atoms with Crippen molar-refractivity contribution >= 4 is 23.0 Å². The average Bonchev–Trinajstić information content (AvgIpc) is 3.24. The molecule has 6 heteroatoms. The van der Waals surface area contributed by atoms with Crippen LogP contribution >= 0.6 is 12.2 Å². The highest BCUT2D eigenvalue weighted by molar-refractivity contribution is 7.80. The minimum absolute atomic E-state index is 0.736. The molecular formula is C23H28N4OS. The Morgan fingerprint density at radius 1 is 1.17 bits per heavy atom. The first-order valence-electron chi connectivity index (χ1n) is 9.77. The number of imidazole rings is 1. The first kappa shape index (κ1) is 20.9. The zero-order chi connectivity index (χ0) is 20.6. The van der Waals surface area contributed by atoms with E-state index in [1.807, 2.05) is 30.9 Å². The molecule has 0 atom stereocenters. The van der Waals surface area contributed by atoms with Crippen molar-refractivity contribution in [2.45, 2.75) is 33.4 Å². The van der Waals surface area contributed by atoms with Crippen LogP contribution in [0.5, 0.6) is 5.75 Å². The second-order valence-electron chi connectivity index (χ2n) is 7.10. The maximum absolute atomic E-state index is 5.79. The molecule has 5 nitrogen and oxygen atoms in total. The van der Waals surface area contributed by atoms with Gasteiger partial charge in [-0.1, -0.05) is 24.3 Å². The van der Waals surface area contributed by atoms with Gasteiger partial charge >= 0.3 is 0 Å². The summed E-state index contributed by atoms with van der Waals surface area (Å²) in [5, 5.41) is 4.19. The lowest BCUT2D eigenvalue weighted by atomic mass is 10.1. The van der Waals surface area contributed by atoms with Gasteiger partial charge in [0.15, 0.2) is 5.11 Å². The van der Waals surface area contributed by atoms with Gasteiger partial charge in [-0.05, 0) is 67.4 Å². The second-order valence-corrected chi connectivity index (χ2v) is 7.49. The third-order valence-electron chi connectivity index (χ3n) is 5.07. The number of aryl methyl sites for hydroxylation is 2. The van der Waals surface area contributed by atoms with Crippen molar-refractivity contribution in [3.63, 3.8) is 0 Å². The molecule has 0 saturated carbocycles. The number of thiocarbonyl (C=S) groups is 1. The fourth-order valence-corrected chi connectivity index (χ4v) is 3.41. The van der Waals surface area contributed by atoms with Gasteiger partial charge in [-0.25, -0.2) is 4.98 Å². The van der Waals surface area contributed by atoms with E-state index in [1.165, 1.54) is 16.7 Å². The minimum Gasteiger partial charge on any atom is -0.497 e. The fraction of sp³-hybridized carbons (Fsp3) is 0.304. The number of hydrogen-bond donors (Lipinski definition) is 1. The zero-order valence-electron chi connectivity index (χ0n) is 17.3. The zero-order valence-corrected chi connectivity index (χ0v) is 18.1. The molecule has 2 aromatic carbocycles. The molecule has 1 N–H and O–H groups in total. The van der Waals surface area contributed by atoms with Crippen molar-refractivity contribution in [2.24, 2.45) is 0 Å². The number of benzene rings is 2. The van der Waals surface area contributed by atoms with Crippen LogP contribution in [0.15, 0.2) is 61.2 Å². The number of aromatic nitrogens is 2. The van der Waals surface area contributed by atoms with Crippen LogP contribution in [-0.2, 0) is 13.1 Å². The van der Waals surface area contributed by atoms with Gasteiger partial charge in [0, 0.05) is 37.7 Å². The van der Waals surface area contributed by atoms with Crippen molar-refractivity contribution < 1.29 is 4.74 Å². The van der Waals surface area contributed by atoms with Crippen molar-refractivity contribution in [3.8, 4) is 5.75 Å². The Morgan fingerprint density at radius 3 is 2.66 bits per heavy atom. The monoisotopic (exact) mass is 408 g/mol. The van der Waals surface area contributed by atoms with E-state index in [1.54, 1.807) is 7.11 Å². The normalized spacial score (nSPS) is 10.6. The standard InChI is InChI=1S/C23H28N4OS/c1-18-6-4-7-22(19(18)2)25-23(29)27(14-5-13-26-15-12-24-17-26)16-20-8-10-21(28-3)11-9-20/h4,6-12,15,17H,5,13-14,16H2,1-3H3,(H,25,29). The molecule has 29 heavy (non-hydrogen) atoms. The number of anilines is 1. The molecule has 152 valence electrons. The van der Waals surface area contributed by atoms with E-state index in [9.17, 15) is 0 Å². The Labute approximate surface area is 178 Å². The third-order valence-corrected chi connectivity index (χ3v) is 5.43. The maximum Gasteiger partial charge on any atom is 0.173 e. The summed E-state index contributed by atoms with van der Waals surface area (Å²) in [5.41, 5.74) is 4.72. The molecule has 3 aromatic rings. The van der Waals surface area contributed by atoms with E-state index < -0.39 is 0 Å². The predicted octanol–water partition coefficient (Wildman–Crippen LogP) is 4.80. The molecular weight excluding hydrogens is 380 g/mol. The molecule has 3 rings (SSSR count). The highest BCUT2D eigenvalue weighted by atomic mass is 32.1. The van der Waals surface area contributed by atoms with Crippen LogP contribution in [0.4, 0.5) is 5.69 Å². The van der Waals surface area contributed by atoms with Gasteiger partial charge in [0.2, 0.25) is 0 Å². The lowest BCUT2D eigenvalue weighted by molar-refractivity contribution is 0.394. The average molecular weight is 409 g/mol. The molecule has 1 heterocycles. The van der Waals surface area contributed by atoms with Crippen LogP contribution in [0, 0.1) is 13.8 Å². The number of ether oxygens (including phenoxy) is 1. The van der Waals surface area contributed by atoms with Crippen LogP contribution < -0.4 is 10.1 Å². The van der Waals surface area contributed by atoms with Crippen LogP contribution in [0.25, 0.3) is 0 Å². The summed E-state index contributed by atoms with van der Waals surface area (Å²) in [6.45, 7) is 6.73. The van der Waals surface area contributed by atoms with Crippen molar-refractivity contribution in [1.82, 2.24) is 14.5 Å². The van der Waals surface area contributed by atoms with Gasteiger partial charge < -0.3 is 19.5 Å². The number of hydrogen-bond acceptors (Lipinski definition) is 3. The molecule has 0 saturated heterocycles. The second kappa shape index (κ2) is 10.1. The molecule has 0 aliphatic heterocycles. The predicted molar refractivity (Wildman–Crippen MR) is 122 cm³/mol. The largest absolute Gasteiger partial charge is 0.497 e. The topological polar surface area (TPSA) is 42.3 Å². The van der Waals surface area contributed by atoms with E-state index in [-0.39, 0.29) is 0 Å². The Balaban J connectivity index is 1.70. The van der Waals surface area contributed by atoms with Gasteiger partial charge in [-0.15, -0.1) is 0 Å². The summed E-state index contributed by atoms with van der Waals surface area (Å²) in [6, 6.07) is 14.4. The summed E-state index contributed by atoms with van der Waals surface area (Å²) in [6.07, 6.45) is 6.62. The van der Waals surface area contributed by atoms with E-state index in [0.29, 0.717) is 0 Å². The summed E-state index contributed by atoms with van der Waals surface area (Å²) < 4.78 is 7.36. The van der Waals surface area contributed by atoms with Crippen LogP contribution in [0.1, 0.15) is 23.1 Å². The van der Waals surface area contributed by atoms with Gasteiger partial charge in [-0.2, -0.15) is 0 Å². The third kappa shape index (κ3) is 5.81. The maximum atomic E-state index is 5.79. The van der Waals surface area contributed by atoms with Gasteiger partial charge in [0.1, 0.15) is 5.75 Å². The molecule has 0 unspecified atom stereocenters. The molecule has 0 aliphatic carbocycles. The first-order chi connectivity index (χ1) is 14.1. The van der Waals surface area contributed by atoms with Crippen molar-refractivity contribution in [1.29, 1.82) is 0 Å². The number of nitrogens with zero attached hydrogens (tertiary/aromatic N) is 3. The Kier molecular flexibility index (Phi) is 7.25. The highest BCUT2D eigenvalue weighted by Gasteiger charge is 2.12. The van der Waals surface area contributed by atoms with Crippen LogP contribution in [0.3, 0.4) is 0 Å². The smallest absolute Gasteiger partial charge is 0.173 e.